The molecule has 2 rings (SSSR count). The number of hydrogen-bond donors (Lipinski definition) is 0. The van der Waals surface area contributed by atoms with Gasteiger partial charge in [-0.25, -0.2) is 0 Å². The van der Waals surface area contributed by atoms with Gasteiger partial charge >= 0.3 is 0 Å². The molecule has 0 unspecified atom stereocenters. The molecule has 0 aliphatic carbocycles. The Morgan fingerprint density at radius 2 is 1.38 bits per heavy atom. The van der Waals surface area contributed by atoms with Crippen molar-refractivity contribution in [2.24, 2.45) is 0 Å². The van der Waals surface area contributed by atoms with E-state index in [9.17, 15) is 4.79 Å². The van der Waals surface area contributed by atoms with E-state index in [4.69, 9.17) is 0 Å². The third-order valence-corrected chi connectivity index (χ3v) is 4.75. The van der Waals surface area contributed by atoms with Crippen molar-refractivity contribution in [1.82, 2.24) is 4.90 Å². The third kappa shape index (κ3) is 4.29. The van der Waals surface area contributed by atoms with Gasteiger partial charge in [-0.3, -0.25) is 4.79 Å². The second kappa shape index (κ2) is 7.57. The molecule has 0 saturated carbocycles. The van der Waals surface area contributed by atoms with Crippen LogP contribution in [0.3, 0.4) is 0 Å². The van der Waals surface area contributed by atoms with Crippen LogP contribution in [0.5, 0.6) is 0 Å². The van der Waals surface area contributed by atoms with Gasteiger partial charge in [-0.15, -0.1) is 23.5 Å². The minimum Gasteiger partial charge on any atom is -0.337 e. The largest absolute Gasteiger partial charge is 0.337 e. The Labute approximate surface area is 134 Å². The molecular formula is C17H19NOS2. The Balaban J connectivity index is 2.03. The van der Waals surface area contributed by atoms with Gasteiger partial charge in [-0.2, -0.15) is 0 Å². The Morgan fingerprint density at radius 1 is 0.905 bits per heavy atom. The Kier molecular flexibility index (Phi) is 5.76. The summed E-state index contributed by atoms with van der Waals surface area (Å²) in [6.07, 6.45) is 4.09. The van der Waals surface area contributed by atoms with Crippen molar-refractivity contribution in [3.05, 3.63) is 59.7 Å². The van der Waals surface area contributed by atoms with E-state index in [-0.39, 0.29) is 5.91 Å². The highest BCUT2D eigenvalue weighted by Gasteiger charge is 2.11. The van der Waals surface area contributed by atoms with Gasteiger partial charge in [0.1, 0.15) is 0 Å². The molecule has 0 heterocycles. The quantitative estimate of drug-likeness (QED) is 0.762. The van der Waals surface area contributed by atoms with Crippen LogP contribution < -0.4 is 0 Å². The van der Waals surface area contributed by atoms with E-state index in [1.54, 1.807) is 28.4 Å². The number of benzene rings is 2. The van der Waals surface area contributed by atoms with Gasteiger partial charge in [0.15, 0.2) is 0 Å². The normalized spacial score (nSPS) is 10.4. The number of rotatable bonds is 5. The summed E-state index contributed by atoms with van der Waals surface area (Å²) < 4.78 is 0. The standard InChI is InChI=1S/C17H19NOS2/c1-18(12-13-4-8-15(20-2)9-5-13)17(19)14-6-10-16(21-3)11-7-14/h4-11H,12H2,1-3H3. The summed E-state index contributed by atoms with van der Waals surface area (Å²) in [4.78, 5) is 16.5. The molecule has 21 heavy (non-hydrogen) atoms. The van der Waals surface area contributed by atoms with Crippen molar-refractivity contribution in [3.8, 4) is 0 Å². The lowest BCUT2D eigenvalue weighted by Crippen LogP contribution is -2.26. The Bertz CT molecular complexity index is 593. The van der Waals surface area contributed by atoms with Crippen LogP contribution in [-0.4, -0.2) is 30.4 Å². The van der Waals surface area contributed by atoms with Crippen molar-refractivity contribution in [1.29, 1.82) is 0 Å². The third-order valence-electron chi connectivity index (χ3n) is 3.26. The molecule has 1 amide bonds. The maximum atomic E-state index is 12.4. The van der Waals surface area contributed by atoms with Gasteiger partial charge in [-0.05, 0) is 54.5 Å². The predicted octanol–water partition coefficient (Wildman–Crippen LogP) is 4.40. The first kappa shape index (κ1) is 16.0. The molecule has 0 radical (unpaired) electrons. The van der Waals surface area contributed by atoms with Crippen LogP contribution in [-0.2, 0) is 6.54 Å². The first-order valence-corrected chi connectivity index (χ1v) is 9.11. The van der Waals surface area contributed by atoms with Crippen molar-refractivity contribution in [3.63, 3.8) is 0 Å². The lowest BCUT2D eigenvalue weighted by molar-refractivity contribution is 0.0785. The van der Waals surface area contributed by atoms with Crippen LogP contribution in [0.4, 0.5) is 0 Å². The van der Waals surface area contributed by atoms with Crippen LogP contribution in [0.25, 0.3) is 0 Å². The molecule has 2 nitrogen and oxygen atoms in total. The molecule has 4 heteroatoms. The number of carbonyl (C=O) groups is 1. The maximum absolute atomic E-state index is 12.4. The molecule has 0 bridgehead atoms. The highest BCUT2D eigenvalue weighted by Crippen LogP contribution is 2.18. The molecule has 0 aliphatic heterocycles. The van der Waals surface area contributed by atoms with E-state index >= 15 is 0 Å². The second-order valence-corrected chi connectivity index (χ2v) is 6.50. The molecule has 0 spiro atoms. The summed E-state index contributed by atoms with van der Waals surface area (Å²) in [5.74, 6) is 0.0524. The van der Waals surface area contributed by atoms with Crippen molar-refractivity contribution >= 4 is 29.4 Å². The SMILES string of the molecule is CSc1ccc(CN(C)C(=O)c2ccc(SC)cc2)cc1. The first-order chi connectivity index (χ1) is 10.1. The lowest BCUT2D eigenvalue weighted by Gasteiger charge is -2.17. The first-order valence-electron chi connectivity index (χ1n) is 6.66. The van der Waals surface area contributed by atoms with Crippen LogP contribution >= 0.6 is 23.5 Å². The van der Waals surface area contributed by atoms with Gasteiger partial charge in [0.25, 0.3) is 5.91 Å². The summed E-state index contributed by atoms with van der Waals surface area (Å²) in [6, 6.07) is 16.1. The van der Waals surface area contributed by atoms with Crippen LogP contribution in [0.2, 0.25) is 0 Å². The molecule has 0 fully saturated rings. The Hall–Kier alpha value is -1.39. The summed E-state index contributed by atoms with van der Waals surface area (Å²) in [7, 11) is 1.84. The summed E-state index contributed by atoms with van der Waals surface area (Å²) in [5.41, 5.74) is 1.88. The molecule has 0 saturated heterocycles. The van der Waals surface area contributed by atoms with Crippen molar-refractivity contribution in [2.75, 3.05) is 19.6 Å². The number of thioether (sulfide) groups is 2. The highest BCUT2D eigenvalue weighted by molar-refractivity contribution is 7.98. The van der Waals surface area contributed by atoms with Crippen LogP contribution in [0.15, 0.2) is 58.3 Å². The van der Waals surface area contributed by atoms with E-state index < -0.39 is 0 Å². The Morgan fingerprint density at radius 3 is 1.86 bits per heavy atom. The lowest BCUT2D eigenvalue weighted by atomic mass is 10.1. The van der Waals surface area contributed by atoms with E-state index in [0.717, 1.165) is 11.1 Å². The molecule has 0 N–H and O–H groups in total. The second-order valence-electron chi connectivity index (χ2n) is 4.74. The fraction of sp³-hybridized carbons (Fsp3) is 0.235. The average molecular weight is 317 g/mol. The van der Waals surface area contributed by atoms with E-state index in [2.05, 4.69) is 30.5 Å². The monoisotopic (exact) mass is 317 g/mol. The fourth-order valence-electron chi connectivity index (χ4n) is 2.03. The smallest absolute Gasteiger partial charge is 0.253 e. The van der Waals surface area contributed by atoms with E-state index in [1.807, 2.05) is 37.6 Å². The van der Waals surface area contributed by atoms with Gasteiger partial charge < -0.3 is 4.90 Å². The van der Waals surface area contributed by atoms with Crippen molar-refractivity contribution < 1.29 is 4.79 Å². The predicted molar refractivity (Wildman–Crippen MR) is 92.2 cm³/mol. The van der Waals surface area contributed by atoms with Crippen molar-refractivity contribution in [2.45, 2.75) is 16.3 Å². The molecule has 0 atom stereocenters. The molecule has 0 aromatic heterocycles. The summed E-state index contributed by atoms with van der Waals surface area (Å²) in [5, 5.41) is 0. The van der Waals surface area contributed by atoms with E-state index in [0.29, 0.717) is 6.54 Å². The molecule has 110 valence electrons. The zero-order valence-electron chi connectivity index (χ0n) is 12.5. The van der Waals surface area contributed by atoms with Gasteiger partial charge in [0.05, 0.1) is 0 Å². The maximum Gasteiger partial charge on any atom is 0.253 e. The van der Waals surface area contributed by atoms with Gasteiger partial charge in [0.2, 0.25) is 0 Å². The molecule has 2 aromatic carbocycles. The summed E-state index contributed by atoms with van der Waals surface area (Å²) in [6.45, 7) is 0.623. The zero-order valence-corrected chi connectivity index (χ0v) is 14.1. The number of hydrogen-bond acceptors (Lipinski definition) is 3. The van der Waals surface area contributed by atoms with Gasteiger partial charge in [-0.1, -0.05) is 12.1 Å². The molecular weight excluding hydrogens is 298 g/mol. The number of carbonyl (C=O) groups excluding carboxylic acids is 1. The molecule has 0 aliphatic rings. The number of amides is 1. The highest BCUT2D eigenvalue weighted by atomic mass is 32.2. The van der Waals surface area contributed by atoms with E-state index in [1.165, 1.54) is 9.79 Å². The van der Waals surface area contributed by atoms with Crippen LogP contribution in [0.1, 0.15) is 15.9 Å². The summed E-state index contributed by atoms with van der Waals surface area (Å²) >= 11 is 3.40. The minimum atomic E-state index is 0.0524. The van der Waals surface area contributed by atoms with Gasteiger partial charge in [0, 0.05) is 28.9 Å². The number of nitrogens with zero attached hydrogens (tertiary/aromatic N) is 1. The minimum absolute atomic E-state index is 0.0524. The fourth-order valence-corrected chi connectivity index (χ4v) is 2.85. The van der Waals surface area contributed by atoms with Crippen LogP contribution in [0, 0.1) is 0 Å². The zero-order chi connectivity index (χ0) is 15.2. The average Bonchev–Trinajstić information content (AvgIpc) is 2.55. The molecule has 2 aromatic rings. The topological polar surface area (TPSA) is 20.3 Å².